The van der Waals surface area contributed by atoms with Crippen molar-refractivity contribution in [2.45, 2.75) is 38.2 Å². The van der Waals surface area contributed by atoms with Crippen LogP contribution >= 0.6 is 11.6 Å². The van der Waals surface area contributed by atoms with E-state index in [-0.39, 0.29) is 23.7 Å². The van der Waals surface area contributed by atoms with Crippen molar-refractivity contribution in [3.63, 3.8) is 0 Å². The Morgan fingerprint density at radius 1 is 1.52 bits per heavy atom. The Morgan fingerprint density at radius 3 is 3.00 bits per heavy atom. The summed E-state index contributed by atoms with van der Waals surface area (Å²) in [6, 6.07) is 5.50. The monoisotopic (exact) mass is 311 g/mol. The molecule has 1 aromatic carbocycles. The fourth-order valence-corrected chi connectivity index (χ4v) is 2.42. The minimum Gasteiger partial charge on any atom is -0.479 e. The van der Waals surface area contributed by atoms with E-state index in [0.29, 0.717) is 24.5 Å². The molecule has 0 radical (unpaired) electrons. The van der Waals surface area contributed by atoms with Gasteiger partial charge in [-0.1, -0.05) is 6.07 Å². The molecule has 1 heterocycles. The van der Waals surface area contributed by atoms with Gasteiger partial charge in [-0.05, 0) is 38.0 Å². The van der Waals surface area contributed by atoms with Gasteiger partial charge < -0.3 is 14.8 Å². The Kier molecular flexibility index (Phi) is 5.07. The average molecular weight is 312 g/mol. The molecule has 0 saturated carbocycles. The summed E-state index contributed by atoms with van der Waals surface area (Å²) in [5.74, 6) is 0.164. The van der Waals surface area contributed by atoms with Crippen LogP contribution in [0.4, 0.5) is 5.69 Å². The maximum absolute atomic E-state index is 11.6. The van der Waals surface area contributed by atoms with Gasteiger partial charge in [0, 0.05) is 5.38 Å². The lowest BCUT2D eigenvalue weighted by Gasteiger charge is -2.23. The number of nitrogens with one attached hydrogen (secondary N) is 1. The van der Waals surface area contributed by atoms with Crippen LogP contribution in [-0.2, 0) is 20.7 Å². The molecule has 2 atom stereocenters. The number of anilines is 1. The number of hydrogen-bond acceptors (Lipinski definition) is 4. The van der Waals surface area contributed by atoms with Crippen LogP contribution in [0.15, 0.2) is 18.2 Å². The lowest BCUT2D eigenvalue weighted by atomic mass is 10.1. The highest BCUT2D eigenvalue weighted by molar-refractivity contribution is 6.21. The summed E-state index contributed by atoms with van der Waals surface area (Å²) in [6.45, 7) is 3.80. The van der Waals surface area contributed by atoms with Gasteiger partial charge in [0.05, 0.1) is 18.7 Å². The zero-order valence-electron chi connectivity index (χ0n) is 12.0. The molecule has 1 aromatic rings. The van der Waals surface area contributed by atoms with Gasteiger partial charge in [0.2, 0.25) is 0 Å². The third-order valence-electron chi connectivity index (χ3n) is 3.13. The van der Waals surface area contributed by atoms with E-state index in [1.807, 2.05) is 12.1 Å². The van der Waals surface area contributed by atoms with Gasteiger partial charge in [0.15, 0.2) is 6.10 Å². The summed E-state index contributed by atoms with van der Waals surface area (Å²) in [4.78, 5) is 23.0. The lowest BCUT2D eigenvalue weighted by molar-refractivity contribution is -0.143. The zero-order chi connectivity index (χ0) is 15.4. The Balaban J connectivity index is 2.00. The van der Waals surface area contributed by atoms with Crippen molar-refractivity contribution in [3.05, 3.63) is 23.8 Å². The predicted octanol–water partition coefficient (Wildman–Crippen LogP) is 2.51. The first-order valence-corrected chi connectivity index (χ1v) is 7.33. The molecule has 114 valence electrons. The summed E-state index contributed by atoms with van der Waals surface area (Å²) < 4.78 is 10.3. The SMILES string of the molecule is CCOC(=O)CC(Cl)Cc1ccc2c(c1)NC(=O)C(C)O2. The molecule has 21 heavy (non-hydrogen) atoms. The van der Waals surface area contributed by atoms with Gasteiger partial charge in [-0.15, -0.1) is 11.6 Å². The number of halogens is 1. The molecule has 0 saturated heterocycles. The molecule has 2 unspecified atom stereocenters. The topological polar surface area (TPSA) is 64.6 Å². The second-order valence-electron chi connectivity index (χ2n) is 4.89. The zero-order valence-corrected chi connectivity index (χ0v) is 12.8. The fraction of sp³-hybridized carbons (Fsp3) is 0.467. The molecular weight excluding hydrogens is 294 g/mol. The number of amides is 1. The molecule has 1 N–H and O–H groups in total. The summed E-state index contributed by atoms with van der Waals surface area (Å²) in [6.07, 6.45) is 0.179. The first-order chi connectivity index (χ1) is 9.99. The van der Waals surface area contributed by atoms with Crippen LogP contribution in [0.3, 0.4) is 0 Å². The van der Waals surface area contributed by atoms with Crippen LogP contribution in [-0.4, -0.2) is 30.0 Å². The van der Waals surface area contributed by atoms with E-state index >= 15 is 0 Å². The number of ether oxygens (including phenoxy) is 2. The van der Waals surface area contributed by atoms with Crippen molar-refractivity contribution in [2.24, 2.45) is 0 Å². The molecular formula is C15H18ClNO4. The van der Waals surface area contributed by atoms with Gasteiger partial charge in [0.25, 0.3) is 5.91 Å². The van der Waals surface area contributed by atoms with Crippen molar-refractivity contribution in [3.8, 4) is 5.75 Å². The molecule has 1 amide bonds. The third-order valence-corrected chi connectivity index (χ3v) is 3.43. The van der Waals surface area contributed by atoms with Crippen molar-refractivity contribution < 1.29 is 19.1 Å². The lowest BCUT2D eigenvalue weighted by Crippen LogP contribution is -2.34. The normalized spacial score (nSPS) is 18.2. The first-order valence-electron chi connectivity index (χ1n) is 6.89. The quantitative estimate of drug-likeness (QED) is 0.670. The molecule has 2 rings (SSSR count). The van der Waals surface area contributed by atoms with E-state index in [2.05, 4.69) is 5.32 Å². The highest BCUT2D eigenvalue weighted by Gasteiger charge is 2.23. The molecule has 1 aliphatic rings. The number of benzene rings is 1. The second-order valence-corrected chi connectivity index (χ2v) is 5.51. The van der Waals surface area contributed by atoms with Crippen LogP contribution < -0.4 is 10.1 Å². The number of rotatable bonds is 5. The van der Waals surface area contributed by atoms with E-state index < -0.39 is 6.10 Å². The highest BCUT2D eigenvalue weighted by Crippen LogP contribution is 2.31. The number of alkyl halides is 1. The summed E-state index contributed by atoms with van der Waals surface area (Å²) in [7, 11) is 0. The predicted molar refractivity (Wildman–Crippen MR) is 79.8 cm³/mol. The van der Waals surface area contributed by atoms with Gasteiger partial charge in [0.1, 0.15) is 5.75 Å². The summed E-state index contributed by atoms with van der Waals surface area (Å²) >= 11 is 6.16. The van der Waals surface area contributed by atoms with Crippen LogP contribution in [0.5, 0.6) is 5.75 Å². The Hall–Kier alpha value is -1.75. The Bertz CT molecular complexity index is 546. The number of carbonyl (C=O) groups is 2. The molecule has 0 fully saturated rings. The third kappa shape index (κ3) is 4.11. The number of fused-ring (bicyclic) bond motifs is 1. The minimum atomic E-state index is -0.493. The molecule has 0 spiro atoms. The summed E-state index contributed by atoms with van der Waals surface area (Å²) in [5.41, 5.74) is 1.56. The van der Waals surface area contributed by atoms with E-state index in [4.69, 9.17) is 21.1 Å². The Labute approximate surface area is 128 Å². The van der Waals surface area contributed by atoms with Crippen molar-refractivity contribution in [1.29, 1.82) is 0 Å². The largest absolute Gasteiger partial charge is 0.479 e. The van der Waals surface area contributed by atoms with Crippen molar-refractivity contribution in [2.75, 3.05) is 11.9 Å². The van der Waals surface area contributed by atoms with E-state index in [9.17, 15) is 9.59 Å². The van der Waals surface area contributed by atoms with Gasteiger partial charge in [-0.25, -0.2) is 0 Å². The Morgan fingerprint density at radius 2 is 2.29 bits per heavy atom. The van der Waals surface area contributed by atoms with Gasteiger partial charge in [-0.2, -0.15) is 0 Å². The minimum absolute atomic E-state index is 0.159. The summed E-state index contributed by atoms with van der Waals surface area (Å²) in [5, 5.41) is 2.44. The smallest absolute Gasteiger partial charge is 0.307 e. The van der Waals surface area contributed by atoms with Crippen LogP contribution in [0.1, 0.15) is 25.8 Å². The molecule has 1 aliphatic heterocycles. The van der Waals surface area contributed by atoms with Gasteiger partial charge in [-0.3, -0.25) is 9.59 Å². The molecule has 0 bridgehead atoms. The maximum Gasteiger partial charge on any atom is 0.307 e. The molecule has 0 aromatic heterocycles. The van der Waals surface area contributed by atoms with E-state index in [1.54, 1.807) is 19.9 Å². The van der Waals surface area contributed by atoms with E-state index in [0.717, 1.165) is 5.56 Å². The number of carbonyl (C=O) groups excluding carboxylic acids is 2. The fourth-order valence-electron chi connectivity index (χ4n) is 2.11. The standard InChI is InChI=1S/C15H18ClNO4/c1-3-20-14(18)8-11(16)6-10-4-5-13-12(7-10)17-15(19)9(2)21-13/h4-5,7,9,11H,3,6,8H2,1-2H3,(H,17,19). The van der Waals surface area contributed by atoms with Crippen molar-refractivity contribution in [1.82, 2.24) is 0 Å². The molecule has 0 aliphatic carbocycles. The number of esters is 1. The maximum atomic E-state index is 11.6. The molecule has 5 nitrogen and oxygen atoms in total. The van der Waals surface area contributed by atoms with E-state index in [1.165, 1.54) is 0 Å². The van der Waals surface area contributed by atoms with Crippen LogP contribution in [0.25, 0.3) is 0 Å². The van der Waals surface area contributed by atoms with Gasteiger partial charge >= 0.3 is 5.97 Å². The van der Waals surface area contributed by atoms with Crippen molar-refractivity contribution >= 4 is 29.2 Å². The highest BCUT2D eigenvalue weighted by atomic mass is 35.5. The molecule has 6 heteroatoms. The van der Waals surface area contributed by atoms with Crippen LogP contribution in [0.2, 0.25) is 0 Å². The van der Waals surface area contributed by atoms with Crippen LogP contribution in [0, 0.1) is 0 Å². The number of hydrogen-bond donors (Lipinski definition) is 1. The average Bonchev–Trinajstić information content (AvgIpc) is 2.40. The first kappa shape index (κ1) is 15.6. The second kappa shape index (κ2) is 6.80.